The van der Waals surface area contributed by atoms with Gasteiger partial charge in [0.05, 0.1) is 0 Å². The fourth-order valence-corrected chi connectivity index (χ4v) is 1.01. The maximum Gasteiger partial charge on any atom is -0.00172 e. The van der Waals surface area contributed by atoms with Gasteiger partial charge in [0, 0.05) is 0 Å². The summed E-state index contributed by atoms with van der Waals surface area (Å²) in [6.07, 6.45) is 5.43. The second-order valence-electron chi connectivity index (χ2n) is 2.71. The van der Waals surface area contributed by atoms with Crippen molar-refractivity contribution in [1.82, 2.24) is 5.32 Å². The quantitative estimate of drug-likeness (QED) is 0.668. The smallest absolute Gasteiger partial charge is 0.00172 e. The molecule has 0 fully saturated rings. The molecule has 1 N–H and O–H groups in total. The molecule has 0 atom stereocenters. The van der Waals surface area contributed by atoms with Crippen LogP contribution in [0.15, 0.2) is 36.4 Å². The Morgan fingerprint density at radius 2 is 2.00 bits per heavy atom. The molecule has 1 aromatic rings. The van der Waals surface area contributed by atoms with Crippen molar-refractivity contribution in [3.05, 3.63) is 42.0 Å². The molecular weight excluding hydrogens is 146 g/mol. The summed E-state index contributed by atoms with van der Waals surface area (Å²) in [5.41, 5.74) is 1.27. The Morgan fingerprint density at radius 1 is 1.25 bits per heavy atom. The van der Waals surface area contributed by atoms with E-state index in [9.17, 15) is 0 Å². The van der Waals surface area contributed by atoms with Gasteiger partial charge < -0.3 is 5.32 Å². The summed E-state index contributed by atoms with van der Waals surface area (Å²) in [5, 5.41) is 3.10. The van der Waals surface area contributed by atoms with Crippen LogP contribution < -0.4 is 5.32 Å². The number of benzene rings is 1. The van der Waals surface area contributed by atoms with Crippen LogP contribution in [0.25, 0.3) is 6.08 Å². The van der Waals surface area contributed by atoms with Crippen LogP contribution in [-0.2, 0) is 0 Å². The van der Waals surface area contributed by atoms with Crippen molar-refractivity contribution < 1.29 is 0 Å². The monoisotopic (exact) mass is 161 g/mol. The van der Waals surface area contributed by atoms with E-state index in [-0.39, 0.29) is 0 Å². The molecule has 1 heteroatoms. The molecule has 0 aliphatic carbocycles. The van der Waals surface area contributed by atoms with E-state index in [1.165, 1.54) is 5.56 Å². The molecule has 0 amide bonds. The van der Waals surface area contributed by atoms with Gasteiger partial charge in [0.15, 0.2) is 0 Å². The first kappa shape index (κ1) is 9.01. The number of hydrogen-bond donors (Lipinski definition) is 1. The molecule has 0 saturated carbocycles. The van der Waals surface area contributed by atoms with Crippen molar-refractivity contribution in [2.24, 2.45) is 0 Å². The zero-order chi connectivity index (χ0) is 8.65. The average Bonchev–Trinajstić information content (AvgIpc) is 2.14. The number of hydrogen-bond acceptors (Lipinski definition) is 1. The van der Waals surface area contributed by atoms with Crippen LogP contribution in [-0.4, -0.2) is 13.6 Å². The predicted molar refractivity (Wildman–Crippen MR) is 54.0 cm³/mol. The first-order chi connectivity index (χ1) is 5.93. The second kappa shape index (κ2) is 5.56. The normalized spacial score (nSPS) is 10.8. The molecule has 0 spiro atoms. The third-order valence-corrected chi connectivity index (χ3v) is 1.67. The van der Waals surface area contributed by atoms with E-state index < -0.39 is 0 Å². The van der Waals surface area contributed by atoms with Crippen LogP contribution in [0, 0.1) is 0 Å². The highest BCUT2D eigenvalue weighted by atomic mass is 14.8. The standard InChI is InChI=1S/C11H15N/c1-12-10-6-5-9-11-7-3-2-4-8-11/h2-5,7-9,12H,6,10H2,1H3. The topological polar surface area (TPSA) is 12.0 Å². The van der Waals surface area contributed by atoms with Gasteiger partial charge in [-0.1, -0.05) is 42.5 Å². The Balaban J connectivity index is 2.36. The molecule has 1 rings (SSSR count). The van der Waals surface area contributed by atoms with Crippen molar-refractivity contribution in [1.29, 1.82) is 0 Å². The van der Waals surface area contributed by atoms with Crippen LogP contribution in [0.3, 0.4) is 0 Å². The van der Waals surface area contributed by atoms with Gasteiger partial charge in [-0.3, -0.25) is 0 Å². The lowest BCUT2D eigenvalue weighted by Crippen LogP contribution is -2.05. The zero-order valence-electron chi connectivity index (χ0n) is 7.46. The number of rotatable bonds is 4. The molecule has 0 aliphatic heterocycles. The number of nitrogens with one attached hydrogen (secondary N) is 1. The van der Waals surface area contributed by atoms with Crippen LogP contribution in [0.2, 0.25) is 0 Å². The summed E-state index contributed by atoms with van der Waals surface area (Å²) in [4.78, 5) is 0. The molecule has 1 nitrogen and oxygen atoms in total. The fourth-order valence-electron chi connectivity index (χ4n) is 1.01. The van der Waals surface area contributed by atoms with Crippen LogP contribution in [0.5, 0.6) is 0 Å². The molecule has 0 aromatic heterocycles. The predicted octanol–water partition coefficient (Wildman–Crippen LogP) is 2.31. The first-order valence-corrected chi connectivity index (χ1v) is 4.29. The van der Waals surface area contributed by atoms with Crippen LogP contribution in [0.4, 0.5) is 0 Å². The molecule has 0 bridgehead atoms. The summed E-state index contributed by atoms with van der Waals surface area (Å²) in [6, 6.07) is 10.4. The van der Waals surface area contributed by atoms with E-state index in [0.29, 0.717) is 0 Å². The van der Waals surface area contributed by atoms with E-state index in [0.717, 1.165) is 13.0 Å². The molecular formula is C11H15N. The lowest BCUT2D eigenvalue weighted by molar-refractivity contribution is 0.809. The molecule has 64 valence electrons. The Morgan fingerprint density at radius 3 is 2.67 bits per heavy atom. The molecule has 0 heterocycles. The molecule has 12 heavy (non-hydrogen) atoms. The highest BCUT2D eigenvalue weighted by Crippen LogP contribution is 2.00. The van der Waals surface area contributed by atoms with Crippen molar-refractivity contribution >= 4 is 6.08 Å². The van der Waals surface area contributed by atoms with Gasteiger partial charge in [0.25, 0.3) is 0 Å². The summed E-state index contributed by atoms with van der Waals surface area (Å²) < 4.78 is 0. The van der Waals surface area contributed by atoms with Gasteiger partial charge in [-0.15, -0.1) is 0 Å². The Labute approximate surface area is 74.1 Å². The highest BCUT2D eigenvalue weighted by Gasteiger charge is 1.81. The first-order valence-electron chi connectivity index (χ1n) is 4.29. The van der Waals surface area contributed by atoms with Crippen molar-refractivity contribution in [3.63, 3.8) is 0 Å². The average molecular weight is 161 g/mol. The summed E-state index contributed by atoms with van der Waals surface area (Å²) in [7, 11) is 1.97. The van der Waals surface area contributed by atoms with E-state index in [1.54, 1.807) is 0 Å². The molecule has 0 unspecified atom stereocenters. The Bertz CT molecular complexity index is 226. The third-order valence-electron chi connectivity index (χ3n) is 1.67. The van der Waals surface area contributed by atoms with Gasteiger partial charge in [-0.25, -0.2) is 0 Å². The molecule has 0 radical (unpaired) electrons. The summed E-state index contributed by atoms with van der Waals surface area (Å²) in [5.74, 6) is 0. The van der Waals surface area contributed by atoms with Gasteiger partial charge in [0.1, 0.15) is 0 Å². The Hall–Kier alpha value is -1.08. The zero-order valence-corrected chi connectivity index (χ0v) is 7.46. The van der Waals surface area contributed by atoms with Crippen LogP contribution >= 0.6 is 0 Å². The minimum Gasteiger partial charge on any atom is -0.319 e. The van der Waals surface area contributed by atoms with Gasteiger partial charge in [0.2, 0.25) is 0 Å². The largest absolute Gasteiger partial charge is 0.319 e. The minimum atomic E-state index is 1.04. The maximum atomic E-state index is 3.10. The summed E-state index contributed by atoms with van der Waals surface area (Å²) in [6.45, 7) is 1.04. The Kier molecular flexibility index (Phi) is 4.17. The van der Waals surface area contributed by atoms with Crippen molar-refractivity contribution in [3.8, 4) is 0 Å². The third kappa shape index (κ3) is 3.35. The molecule has 1 aromatic carbocycles. The lowest BCUT2D eigenvalue weighted by Gasteiger charge is -1.92. The van der Waals surface area contributed by atoms with E-state index in [4.69, 9.17) is 0 Å². The molecule has 0 saturated heterocycles. The van der Waals surface area contributed by atoms with E-state index in [1.807, 2.05) is 13.1 Å². The van der Waals surface area contributed by atoms with E-state index >= 15 is 0 Å². The fraction of sp³-hybridized carbons (Fsp3) is 0.273. The highest BCUT2D eigenvalue weighted by molar-refractivity contribution is 5.48. The second-order valence-corrected chi connectivity index (χ2v) is 2.71. The minimum absolute atomic E-state index is 1.04. The van der Waals surface area contributed by atoms with Crippen LogP contribution in [0.1, 0.15) is 12.0 Å². The van der Waals surface area contributed by atoms with Gasteiger partial charge in [-0.05, 0) is 25.6 Å². The molecule has 0 aliphatic rings. The van der Waals surface area contributed by atoms with Crippen molar-refractivity contribution in [2.75, 3.05) is 13.6 Å². The maximum absolute atomic E-state index is 3.10. The van der Waals surface area contributed by atoms with Gasteiger partial charge in [-0.2, -0.15) is 0 Å². The SMILES string of the molecule is CNCCC=Cc1ccccc1. The van der Waals surface area contributed by atoms with Gasteiger partial charge >= 0.3 is 0 Å². The van der Waals surface area contributed by atoms with E-state index in [2.05, 4.69) is 41.7 Å². The lowest BCUT2D eigenvalue weighted by atomic mass is 10.2. The summed E-state index contributed by atoms with van der Waals surface area (Å²) >= 11 is 0. The van der Waals surface area contributed by atoms with Crippen molar-refractivity contribution in [2.45, 2.75) is 6.42 Å².